The Balaban J connectivity index is 1.57. The molecule has 2 heterocycles. The second kappa shape index (κ2) is 14.2. The molecule has 2 saturated heterocycles. The predicted molar refractivity (Wildman–Crippen MR) is 189 cm³/mol. The zero-order valence-corrected chi connectivity index (χ0v) is 31.5. The highest BCUT2D eigenvalue weighted by Gasteiger charge is 2.62. The van der Waals surface area contributed by atoms with E-state index in [1.165, 1.54) is 17.0 Å². The quantitative estimate of drug-likeness (QED) is 0.238. The molecule has 0 radical (unpaired) electrons. The van der Waals surface area contributed by atoms with Crippen LogP contribution in [0.5, 0.6) is 0 Å². The fraction of sp³-hybridized carbons (Fsp3) is 0.686. The molecular formula is C35H53N5O7S2. The summed E-state index contributed by atoms with van der Waals surface area (Å²) in [6, 6.07) is 3.42. The molecule has 14 heteroatoms. The smallest absolute Gasteiger partial charge is 0.315 e. The summed E-state index contributed by atoms with van der Waals surface area (Å²) in [5, 5.41) is 8.40. The summed E-state index contributed by atoms with van der Waals surface area (Å²) in [6.45, 7) is 15.2. The van der Waals surface area contributed by atoms with Gasteiger partial charge >= 0.3 is 6.03 Å². The Morgan fingerprint density at radius 2 is 1.57 bits per heavy atom. The first-order valence-corrected chi connectivity index (χ1v) is 19.5. The summed E-state index contributed by atoms with van der Waals surface area (Å²) in [6.07, 6.45) is 3.12. The van der Waals surface area contributed by atoms with Crippen LogP contribution in [0.1, 0.15) is 81.1 Å². The van der Waals surface area contributed by atoms with Crippen LogP contribution >= 0.6 is 11.8 Å². The number of rotatable bonds is 12. The van der Waals surface area contributed by atoms with Gasteiger partial charge in [-0.3, -0.25) is 19.2 Å². The molecule has 4 rings (SSSR count). The number of nitrogens with two attached hydrogens (primary N) is 1. The van der Waals surface area contributed by atoms with E-state index in [1.807, 2.05) is 34.6 Å². The van der Waals surface area contributed by atoms with E-state index in [2.05, 4.69) is 16.0 Å². The number of nitrogens with zero attached hydrogens (tertiary/aromatic N) is 1. The number of carbonyl (C=O) groups is 5. The van der Waals surface area contributed by atoms with Crippen molar-refractivity contribution in [2.45, 2.75) is 120 Å². The van der Waals surface area contributed by atoms with Crippen molar-refractivity contribution >= 4 is 51.1 Å². The van der Waals surface area contributed by atoms with Crippen molar-refractivity contribution in [1.82, 2.24) is 20.9 Å². The van der Waals surface area contributed by atoms with Crippen molar-refractivity contribution in [3.63, 3.8) is 0 Å². The van der Waals surface area contributed by atoms with Gasteiger partial charge in [0.1, 0.15) is 12.1 Å². The molecule has 3 fully saturated rings. The Kier molecular flexibility index (Phi) is 11.2. The zero-order chi connectivity index (χ0) is 36.7. The van der Waals surface area contributed by atoms with Crippen LogP contribution in [0.25, 0.3) is 0 Å². The summed E-state index contributed by atoms with van der Waals surface area (Å²) >= 11 is 1.67. The number of amides is 5. The molecule has 3 aliphatic rings. The van der Waals surface area contributed by atoms with Crippen molar-refractivity contribution in [3.05, 3.63) is 30.3 Å². The molecule has 0 aromatic heterocycles. The van der Waals surface area contributed by atoms with Gasteiger partial charge in [-0.05, 0) is 35.3 Å². The molecule has 5 amide bonds. The molecule has 5 N–H and O–H groups in total. The normalized spacial score (nSPS) is 23.9. The summed E-state index contributed by atoms with van der Waals surface area (Å²) in [5.41, 5.74) is 3.89. The molecule has 1 aromatic carbocycles. The fourth-order valence-electron chi connectivity index (χ4n) is 7.00. The van der Waals surface area contributed by atoms with Gasteiger partial charge in [0.05, 0.1) is 16.7 Å². The fourth-order valence-corrected chi connectivity index (χ4v) is 10.7. The second-order valence-electron chi connectivity index (χ2n) is 16.5. The Morgan fingerprint density at radius 3 is 2.06 bits per heavy atom. The van der Waals surface area contributed by atoms with Gasteiger partial charge in [0.2, 0.25) is 17.6 Å². The minimum Gasteiger partial charge on any atom is -0.363 e. The summed E-state index contributed by atoms with van der Waals surface area (Å²) in [7, 11) is -3.75. The Labute approximate surface area is 294 Å². The van der Waals surface area contributed by atoms with Gasteiger partial charge in [0, 0.05) is 28.5 Å². The Bertz CT molecular complexity index is 1550. The highest BCUT2D eigenvalue weighted by molar-refractivity contribution is 8.02. The van der Waals surface area contributed by atoms with Crippen LogP contribution in [0.3, 0.4) is 0 Å². The predicted octanol–water partition coefficient (Wildman–Crippen LogP) is 3.04. The van der Waals surface area contributed by atoms with E-state index < -0.39 is 74.4 Å². The van der Waals surface area contributed by atoms with Crippen LogP contribution in [0.4, 0.5) is 4.79 Å². The van der Waals surface area contributed by atoms with E-state index >= 15 is 0 Å². The van der Waals surface area contributed by atoms with E-state index in [4.69, 9.17) is 5.73 Å². The topological polar surface area (TPSA) is 185 Å². The maximum Gasteiger partial charge on any atom is 0.315 e. The highest BCUT2D eigenvalue weighted by atomic mass is 32.2. The first kappa shape index (κ1) is 38.7. The third-order valence-corrected chi connectivity index (χ3v) is 13.5. The standard InChI is InChI=1S/C35H53N5O7S2/c1-33(2,3)24(19-49(46,47)21-15-10-9-11-16-21)38-32(45)39-28(34(4,5)6)31(44)40-18-23-25(35(7,8)48-23)26(40)30(43)37-22(27(41)29(36)42)17-20-13-12-14-20/h9-11,15-16,20,22-26,28H,12-14,17-19H2,1-8H3,(H2,36,42)(H,37,43)(H2,38,39,45)/t22?,23?,24-,25?,26+,28?/m1/s1. The number of nitrogens with one attached hydrogen (secondary N) is 3. The van der Waals surface area contributed by atoms with Gasteiger partial charge in [0.25, 0.3) is 5.91 Å². The molecule has 12 nitrogen and oxygen atoms in total. The lowest BCUT2D eigenvalue weighted by molar-refractivity contribution is -0.144. The van der Waals surface area contributed by atoms with Gasteiger partial charge in [-0.2, -0.15) is 0 Å². The summed E-state index contributed by atoms with van der Waals surface area (Å²) in [4.78, 5) is 68.5. The second-order valence-corrected chi connectivity index (χ2v) is 20.4. The van der Waals surface area contributed by atoms with Crippen molar-refractivity contribution in [2.75, 3.05) is 12.3 Å². The largest absolute Gasteiger partial charge is 0.363 e. The van der Waals surface area contributed by atoms with Crippen molar-refractivity contribution in [1.29, 1.82) is 0 Å². The molecule has 4 unspecified atom stereocenters. The average molecular weight is 720 g/mol. The molecule has 0 spiro atoms. The third kappa shape index (κ3) is 8.79. The minimum absolute atomic E-state index is 0.0328. The number of hydrogen-bond donors (Lipinski definition) is 4. The first-order chi connectivity index (χ1) is 22.5. The van der Waals surface area contributed by atoms with Gasteiger partial charge in [-0.1, -0.05) is 92.9 Å². The van der Waals surface area contributed by atoms with Gasteiger partial charge < -0.3 is 26.6 Å². The minimum atomic E-state index is -3.75. The monoisotopic (exact) mass is 719 g/mol. The lowest BCUT2D eigenvalue weighted by Crippen LogP contribution is -2.63. The number of ketones is 1. The molecule has 49 heavy (non-hydrogen) atoms. The molecule has 1 aromatic rings. The van der Waals surface area contributed by atoms with E-state index in [1.54, 1.807) is 50.7 Å². The zero-order valence-electron chi connectivity index (χ0n) is 29.9. The average Bonchev–Trinajstić information content (AvgIpc) is 3.30. The van der Waals surface area contributed by atoms with E-state index in [-0.39, 0.29) is 39.0 Å². The summed E-state index contributed by atoms with van der Waals surface area (Å²) in [5.74, 6) is -3.34. The number of fused-ring (bicyclic) bond motifs is 1. The van der Waals surface area contributed by atoms with Crippen LogP contribution in [-0.4, -0.2) is 89.3 Å². The maximum absolute atomic E-state index is 14.5. The number of carbonyl (C=O) groups excluding carboxylic acids is 5. The molecule has 272 valence electrons. The molecule has 6 atom stereocenters. The Hall–Kier alpha value is -3.13. The van der Waals surface area contributed by atoms with E-state index in [0.29, 0.717) is 6.42 Å². The van der Waals surface area contributed by atoms with Crippen LogP contribution in [0.2, 0.25) is 0 Å². The van der Waals surface area contributed by atoms with Crippen molar-refractivity contribution in [2.24, 2.45) is 28.4 Å². The molecular weight excluding hydrogens is 667 g/mol. The lowest BCUT2D eigenvalue weighted by Gasteiger charge is -2.48. The number of primary amides is 1. The van der Waals surface area contributed by atoms with E-state index in [0.717, 1.165) is 19.3 Å². The summed E-state index contributed by atoms with van der Waals surface area (Å²) < 4.78 is 26.2. The highest BCUT2D eigenvalue weighted by Crippen LogP contribution is 2.58. The number of thioether (sulfide) groups is 1. The maximum atomic E-state index is 14.5. The molecule has 1 aliphatic carbocycles. The van der Waals surface area contributed by atoms with Crippen LogP contribution in [0, 0.1) is 22.7 Å². The first-order valence-electron chi connectivity index (χ1n) is 17.0. The van der Waals surface area contributed by atoms with Crippen molar-refractivity contribution in [3.8, 4) is 0 Å². The number of Topliss-reactive ketones (excluding diaryl/α,β-unsaturated/α-hetero) is 1. The van der Waals surface area contributed by atoms with Gasteiger partial charge in [-0.15, -0.1) is 11.8 Å². The van der Waals surface area contributed by atoms with Gasteiger partial charge in [-0.25, -0.2) is 13.2 Å². The molecule has 2 aliphatic heterocycles. The van der Waals surface area contributed by atoms with Crippen LogP contribution in [0.15, 0.2) is 35.2 Å². The number of urea groups is 1. The van der Waals surface area contributed by atoms with Crippen LogP contribution < -0.4 is 21.7 Å². The number of sulfone groups is 1. The SMILES string of the molecule is CC(C)(C)C(NC(=O)N[C@H](CS(=O)(=O)c1ccccc1)C(C)(C)C)C(=O)N1CC2SC(C)(C)C2[C@H]1C(=O)NC(CC1CCC1)C(=O)C(N)=O. The number of likely N-dealkylation sites (tertiary alicyclic amines) is 1. The van der Waals surface area contributed by atoms with Gasteiger partial charge in [0.15, 0.2) is 9.84 Å². The van der Waals surface area contributed by atoms with E-state index in [9.17, 15) is 32.4 Å². The Morgan fingerprint density at radius 1 is 0.959 bits per heavy atom. The number of benzene rings is 1. The third-order valence-electron chi connectivity index (χ3n) is 10.2. The van der Waals surface area contributed by atoms with Crippen LogP contribution in [-0.2, 0) is 29.0 Å². The van der Waals surface area contributed by atoms with Crippen molar-refractivity contribution < 1.29 is 32.4 Å². The molecule has 0 bridgehead atoms. The lowest BCUT2D eigenvalue weighted by atomic mass is 9.79. The molecule has 1 saturated carbocycles. The number of hydrogen-bond acceptors (Lipinski definition) is 8.